The first-order valence-corrected chi connectivity index (χ1v) is 4.48. The van der Waals surface area contributed by atoms with Gasteiger partial charge in [-0.1, -0.05) is 11.6 Å². The van der Waals surface area contributed by atoms with Crippen molar-refractivity contribution in [2.24, 2.45) is 10.8 Å². The van der Waals surface area contributed by atoms with Crippen molar-refractivity contribution >= 4 is 23.8 Å². The highest BCUT2D eigenvalue weighted by Gasteiger charge is 1.99. The Morgan fingerprint density at radius 2 is 2.40 bits per heavy atom. The Balaban J connectivity index is 2.75. The second-order valence-corrected chi connectivity index (χ2v) is 3.08. The fourth-order valence-electron chi connectivity index (χ4n) is 0.939. The lowest BCUT2D eigenvalue weighted by atomic mass is 10.2. The van der Waals surface area contributed by atoms with Crippen LogP contribution in [0, 0.1) is 5.41 Å². The van der Waals surface area contributed by atoms with Gasteiger partial charge in [0.1, 0.15) is 5.75 Å². The van der Waals surface area contributed by atoms with E-state index in [1.807, 2.05) is 0 Å². The summed E-state index contributed by atoms with van der Waals surface area (Å²) in [5, 5.41) is 11.1. The van der Waals surface area contributed by atoms with Crippen molar-refractivity contribution in [3.05, 3.63) is 28.8 Å². The molecule has 0 fully saturated rings. The summed E-state index contributed by atoms with van der Waals surface area (Å²) in [6.07, 6.45) is 1.51. The number of nitrogens with two attached hydrogens (primary N) is 1. The van der Waals surface area contributed by atoms with Gasteiger partial charge >= 0.3 is 0 Å². The Kier molecular flexibility index (Phi) is 3.93. The van der Waals surface area contributed by atoms with Crippen molar-refractivity contribution in [3.8, 4) is 5.75 Å². The number of rotatable bonds is 3. The van der Waals surface area contributed by atoms with Gasteiger partial charge in [-0.25, -0.2) is 5.43 Å². The molecule has 0 spiro atoms. The zero-order valence-electron chi connectivity index (χ0n) is 8.12. The third-order valence-electron chi connectivity index (χ3n) is 1.57. The Morgan fingerprint density at radius 3 is 2.93 bits per heavy atom. The molecule has 80 valence electrons. The van der Waals surface area contributed by atoms with Gasteiger partial charge in [0.25, 0.3) is 0 Å². The number of nitrogens with one attached hydrogen (secondary N) is 2. The van der Waals surface area contributed by atoms with Crippen molar-refractivity contribution < 1.29 is 4.74 Å². The van der Waals surface area contributed by atoms with Crippen LogP contribution in [-0.2, 0) is 0 Å². The zero-order chi connectivity index (χ0) is 11.3. The van der Waals surface area contributed by atoms with Crippen LogP contribution in [0.25, 0.3) is 0 Å². The van der Waals surface area contributed by atoms with E-state index in [1.165, 1.54) is 6.21 Å². The van der Waals surface area contributed by atoms with Crippen molar-refractivity contribution in [1.29, 1.82) is 5.41 Å². The normalized spacial score (nSPS) is 10.3. The number of benzene rings is 1. The first kappa shape index (κ1) is 11.3. The van der Waals surface area contributed by atoms with Crippen LogP contribution in [0.1, 0.15) is 5.56 Å². The van der Waals surface area contributed by atoms with E-state index in [0.717, 1.165) is 5.56 Å². The van der Waals surface area contributed by atoms with Crippen molar-refractivity contribution in [3.63, 3.8) is 0 Å². The van der Waals surface area contributed by atoms with Gasteiger partial charge in [0.15, 0.2) is 0 Å². The molecule has 0 bridgehead atoms. The number of hydrogen-bond donors (Lipinski definition) is 3. The second-order valence-electron chi connectivity index (χ2n) is 2.68. The lowest BCUT2D eigenvalue weighted by Gasteiger charge is -2.02. The van der Waals surface area contributed by atoms with Crippen LogP contribution in [0.2, 0.25) is 5.02 Å². The van der Waals surface area contributed by atoms with E-state index in [0.29, 0.717) is 10.8 Å². The van der Waals surface area contributed by atoms with E-state index >= 15 is 0 Å². The maximum absolute atomic E-state index is 6.87. The Labute approximate surface area is 92.4 Å². The molecule has 5 nitrogen and oxygen atoms in total. The van der Waals surface area contributed by atoms with Gasteiger partial charge in [0, 0.05) is 0 Å². The summed E-state index contributed by atoms with van der Waals surface area (Å²) >= 11 is 5.90. The van der Waals surface area contributed by atoms with Gasteiger partial charge in [-0.3, -0.25) is 5.41 Å². The molecule has 6 heteroatoms. The van der Waals surface area contributed by atoms with Gasteiger partial charge < -0.3 is 10.5 Å². The SMILES string of the molecule is COc1ccc(C=NNC(=N)N)cc1Cl. The fourth-order valence-corrected chi connectivity index (χ4v) is 1.21. The lowest BCUT2D eigenvalue weighted by Crippen LogP contribution is -2.25. The summed E-state index contributed by atoms with van der Waals surface area (Å²) < 4.78 is 5.00. The van der Waals surface area contributed by atoms with Crippen LogP contribution < -0.4 is 15.9 Å². The summed E-state index contributed by atoms with van der Waals surface area (Å²) in [7, 11) is 1.55. The highest BCUT2D eigenvalue weighted by molar-refractivity contribution is 6.32. The largest absolute Gasteiger partial charge is 0.495 e. The van der Waals surface area contributed by atoms with E-state index in [4.69, 9.17) is 27.5 Å². The number of hydrogen-bond acceptors (Lipinski definition) is 3. The van der Waals surface area contributed by atoms with Crippen molar-refractivity contribution in [2.75, 3.05) is 7.11 Å². The molecule has 4 N–H and O–H groups in total. The van der Waals surface area contributed by atoms with E-state index in [1.54, 1.807) is 25.3 Å². The first-order valence-electron chi connectivity index (χ1n) is 4.10. The number of nitrogens with zero attached hydrogens (tertiary/aromatic N) is 1. The predicted octanol–water partition coefficient (Wildman–Crippen LogP) is 1.17. The molecular weight excluding hydrogens is 216 g/mol. The quantitative estimate of drug-likeness (QED) is 0.411. The van der Waals surface area contributed by atoms with Crippen LogP contribution in [0.4, 0.5) is 0 Å². The summed E-state index contributed by atoms with van der Waals surface area (Å²) in [5.74, 6) is 0.388. The Morgan fingerprint density at radius 1 is 1.67 bits per heavy atom. The molecule has 0 unspecified atom stereocenters. The minimum absolute atomic E-state index is 0.217. The molecule has 0 aliphatic rings. The molecule has 0 aliphatic carbocycles. The summed E-state index contributed by atoms with van der Waals surface area (Å²) in [6.45, 7) is 0. The molecule has 15 heavy (non-hydrogen) atoms. The molecule has 0 aromatic heterocycles. The highest BCUT2D eigenvalue weighted by atomic mass is 35.5. The summed E-state index contributed by atoms with van der Waals surface area (Å²) in [4.78, 5) is 0. The van der Waals surface area contributed by atoms with E-state index in [9.17, 15) is 0 Å². The number of guanidine groups is 1. The topological polar surface area (TPSA) is 83.5 Å². The molecule has 1 rings (SSSR count). The van der Waals surface area contributed by atoms with E-state index in [2.05, 4.69) is 10.5 Å². The Hall–Kier alpha value is -1.75. The van der Waals surface area contributed by atoms with Crippen LogP contribution in [0.3, 0.4) is 0 Å². The van der Waals surface area contributed by atoms with Crippen LogP contribution in [0.5, 0.6) is 5.75 Å². The van der Waals surface area contributed by atoms with E-state index < -0.39 is 0 Å². The smallest absolute Gasteiger partial charge is 0.206 e. The maximum atomic E-state index is 6.87. The fraction of sp³-hybridized carbons (Fsp3) is 0.111. The molecule has 0 saturated heterocycles. The average Bonchev–Trinajstić information content (AvgIpc) is 2.17. The summed E-state index contributed by atoms with van der Waals surface area (Å²) in [5.41, 5.74) is 8.13. The van der Waals surface area contributed by atoms with Gasteiger partial charge in [0.2, 0.25) is 5.96 Å². The molecule has 1 aromatic carbocycles. The maximum Gasteiger partial charge on any atom is 0.206 e. The minimum Gasteiger partial charge on any atom is -0.495 e. The number of methoxy groups -OCH3 is 1. The Bertz CT molecular complexity index is 392. The van der Waals surface area contributed by atoms with Crippen LogP contribution in [0.15, 0.2) is 23.3 Å². The standard InChI is InChI=1S/C9H11ClN4O/c1-15-8-3-2-6(4-7(8)10)5-13-14-9(11)12/h2-5H,1H3,(H4,11,12,14). The number of hydrazone groups is 1. The van der Waals surface area contributed by atoms with Gasteiger partial charge in [0.05, 0.1) is 18.3 Å². The molecule has 0 atom stereocenters. The van der Waals surface area contributed by atoms with Crippen LogP contribution >= 0.6 is 11.6 Å². The molecule has 0 aliphatic heterocycles. The minimum atomic E-state index is -0.217. The highest BCUT2D eigenvalue weighted by Crippen LogP contribution is 2.24. The third-order valence-corrected chi connectivity index (χ3v) is 1.87. The first-order chi connectivity index (χ1) is 7.13. The third kappa shape index (κ3) is 3.47. The second kappa shape index (κ2) is 5.21. The van der Waals surface area contributed by atoms with E-state index in [-0.39, 0.29) is 5.96 Å². The molecule has 0 amide bonds. The number of halogens is 1. The van der Waals surface area contributed by atoms with Gasteiger partial charge in [-0.15, -0.1) is 0 Å². The molecule has 0 heterocycles. The average molecular weight is 227 g/mol. The summed E-state index contributed by atoms with van der Waals surface area (Å²) in [6, 6.07) is 5.22. The zero-order valence-corrected chi connectivity index (χ0v) is 8.88. The van der Waals surface area contributed by atoms with Crippen LogP contribution in [-0.4, -0.2) is 19.3 Å². The van der Waals surface area contributed by atoms with Crippen molar-refractivity contribution in [1.82, 2.24) is 5.43 Å². The molecule has 0 saturated carbocycles. The molecule has 0 radical (unpaired) electrons. The van der Waals surface area contributed by atoms with Crippen molar-refractivity contribution in [2.45, 2.75) is 0 Å². The number of ether oxygens (including phenoxy) is 1. The molecule has 1 aromatic rings. The molecular formula is C9H11ClN4O. The van der Waals surface area contributed by atoms with Gasteiger partial charge in [-0.05, 0) is 23.8 Å². The van der Waals surface area contributed by atoms with Gasteiger partial charge in [-0.2, -0.15) is 5.10 Å². The predicted molar refractivity (Wildman–Crippen MR) is 60.6 cm³/mol. The lowest BCUT2D eigenvalue weighted by molar-refractivity contribution is 0.415. The monoisotopic (exact) mass is 226 g/mol.